The van der Waals surface area contributed by atoms with E-state index in [1.54, 1.807) is 36.5 Å². The van der Waals surface area contributed by atoms with E-state index >= 15 is 0 Å². The van der Waals surface area contributed by atoms with Crippen LogP contribution in [0.2, 0.25) is 0 Å². The van der Waals surface area contributed by atoms with Crippen LogP contribution in [0.1, 0.15) is 126 Å². The molecule has 5 aromatic rings. The number of carbonyl (C=O) groups is 6. The number of benzene rings is 3. The number of aliphatic hydroxyl groups excluding tert-OH is 1. The highest BCUT2D eigenvalue weighted by molar-refractivity contribution is 6.25. The van der Waals surface area contributed by atoms with Gasteiger partial charge in [-0.05, 0) is 88.5 Å². The van der Waals surface area contributed by atoms with Crippen molar-refractivity contribution < 1.29 is 43.0 Å². The molecule has 4 aliphatic heterocycles. The van der Waals surface area contributed by atoms with Gasteiger partial charge in [-0.25, -0.2) is 9.78 Å². The summed E-state index contributed by atoms with van der Waals surface area (Å²) in [6.45, 7) is 10.6. The van der Waals surface area contributed by atoms with Crippen LogP contribution in [0.25, 0.3) is 11.5 Å². The summed E-state index contributed by atoms with van der Waals surface area (Å²) in [5.41, 5.74) is 3.59. The Morgan fingerprint density at radius 1 is 0.831 bits per heavy atom. The average molecular weight is 1050 g/mol. The van der Waals surface area contributed by atoms with Crippen molar-refractivity contribution in [3.05, 3.63) is 107 Å². The number of carbonyl (C=O) groups excluding carboxylic acids is 6. The molecule has 22 heteroatoms. The maximum atomic E-state index is 13.3. The van der Waals surface area contributed by atoms with Gasteiger partial charge in [-0.2, -0.15) is 4.98 Å². The zero-order valence-corrected chi connectivity index (χ0v) is 43.6. The van der Waals surface area contributed by atoms with Crippen LogP contribution in [-0.4, -0.2) is 147 Å². The Balaban J connectivity index is 0.635. The van der Waals surface area contributed by atoms with Crippen molar-refractivity contribution in [3.63, 3.8) is 0 Å². The van der Waals surface area contributed by atoms with E-state index in [0.29, 0.717) is 60.4 Å². The largest absolute Gasteiger partial charge is 0.451 e. The summed E-state index contributed by atoms with van der Waals surface area (Å²) in [6, 6.07) is 18.5. The van der Waals surface area contributed by atoms with Crippen LogP contribution in [0.4, 0.5) is 23.1 Å². The molecule has 0 saturated carbocycles. The molecule has 4 aliphatic rings. The Morgan fingerprint density at radius 2 is 1.60 bits per heavy atom. The summed E-state index contributed by atoms with van der Waals surface area (Å²) < 4.78 is 11.6. The molecule has 0 radical (unpaired) electrons. The molecule has 2 atom stereocenters. The van der Waals surface area contributed by atoms with Gasteiger partial charge in [-0.15, -0.1) is 10.2 Å². The molecule has 5 amide bonds. The minimum Gasteiger partial charge on any atom is -0.451 e. The highest BCUT2D eigenvalue weighted by Crippen LogP contribution is 2.38. The van der Waals surface area contributed by atoms with Gasteiger partial charge in [0.05, 0.1) is 48.0 Å². The maximum absolute atomic E-state index is 13.3. The number of unbranched alkanes of at least 4 members (excludes halogenated alkanes) is 5. The SMILES string of the molecule is CC1(C)OC(=O)c2ccc(Nc3ncc(-c4nnc(CNCCCN5CCN(CC(=O)NCCCCCCCCNc6cccc7c6C(=O)N(C6CCC(=O)NC6=O)C7=O)CC5)o4)c(N[C@H](CO)c4ccccc4)n3)cc21. The number of hydrogen-bond acceptors (Lipinski definition) is 19. The fourth-order valence-corrected chi connectivity index (χ4v) is 10.1. The molecule has 9 rings (SSSR count). The number of rotatable bonds is 26. The molecular weight excluding hydrogens is 987 g/mol. The second kappa shape index (κ2) is 25.0. The zero-order valence-electron chi connectivity index (χ0n) is 43.6. The highest BCUT2D eigenvalue weighted by Gasteiger charge is 2.45. The van der Waals surface area contributed by atoms with Gasteiger partial charge in [0.1, 0.15) is 17.5 Å². The molecule has 2 fully saturated rings. The van der Waals surface area contributed by atoms with Crippen LogP contribution in [0.3, 0.4) is 0 Å². The molecule has 6 heterocycles. The van der Waals surface area contributed by atoms with Crippen LogP contribution in [0, 0.1) is 0 Å². The van der Waals surface area contributed by atoms with Gasteiger partial charge in [0.15, 0.2) is 0 Å². The first kappa shape index (κ1) is 54.1. The van der Waals surface area contributed by atoms with E-state index in [2.05, 4.69) is 56.9 Å². The quantitative estimate of drug-likeness (QED) is 0.0221. The maximum Gasteiger partial charge on any atom is 0.339 e. The molecular formula is C55H67N13O9. The van der Waals surface area contributed by atoms with Crippen LogP contribution >= 0.6 is 0 Å². The number of nitrogens with zero attached hydrogens (tertiary/aromatic N) is 7. The van der Waals surface area contributed by atoms with E-state index in [1.807, 2.05) is 50.2 Å². The van der Waals surface area contributed by atoms with E-state index in [0.717, 1.165) is 100 Å². The number of cyclic esters (lactones) is 1. The van der Waals surface area contributed by atoms with Gasteiger partial charge >= 0.3 is 5.97 Å². The summed E-state index contributed by atoms with van der Waals surface area (Å²) in [5.74, 6) is -1.12. The summed E-state index contributed by atoms with van der Waals surface area (Å²) in [5, 5.41) is 37.6. The third-order valence-electron chi connectivity index (χ3n) is 14.3. The molecule has 1 unspecified atom stereocenters. The zero-order chi connectivity index (χ0) is 53.9. The molecule has 7 N–H and O–H groups in total. The van der Waals surface area contributed by atoms with E-state index in [9.17, 15) is 33.9 Å². The minimum atomic E-state index is -0.996. The number of anilines is 4. The summed E-state index contributed by atoms with van der Waals surface area (Å²) in [7, 11) is 0. The number of amides is 5. The highest BCUT2D eigenvalue weighted by atomic mass is 16.6. The first-order valence-electron chi connectivity index (χ1n) is 26.6. The summed E-state index contributed by atoms with van der Waals surface area (Å²) in [4.78, 5) is 90.5. The number of aliphatic hydroxyl groups is 1. The van der Waals surface area contributed by atoms with Gasteiger partial charge in [0, 0.05) is 68.8 Å². The van der Waals surface area contributed by atoms with Crippen molar-refractivity contribution in [2.24, 2.45) is 0 Å². The van der Waals surface area contributed by atoms with Gasteiger partial charge < -0.3 is 45.7 Å². The molecule has 2 aromatic heterocycles. The number of hydrogen-bond donors (Lipinski definition) is 7. The van der Waals surface area contributed by atoms with Crippen molar-refractivity contribution in [2.45, 2.75) is 95.9 Å². The lowest BCUT2D eigenvalue weighted by Gasteiger charge is -2.34. The van der Waals surface area contributed by atoms with Crippen molar-refractivity contribution >= 4 is 58.6 Å². The van der Waals surface area contributed by atoms with E-state index in [4.69, 9.17) is 14.1 Å². The lowest BCUT2D eigenvalue weighted by atomic mass is 9.95. The second-order valence-electron chi connectivity index (χ2n) is 20.3. The summed E-state index contributed by atoms with van der Waals surface area (Å²) in [6.07, 6.45) is 8.58. The van der Waals surface area contributed by atoms with Gasteiger partial charge in [-0.1, -0.05) is 62.1 Å². The van der Waals surface area contributed by atoms with Gasteiger partial charge in [0.2, 0.25) is 29.6 Å². The average Bonchev–Trinajstić information content (AvgIpc) is 4.15. The summed E-state index contributed by atoms with van der Waals surface area (Å²) >= 11 is 0. The van der Waals surface area contributed by atoms with Crippen molar-refractivity contribution in [3.8, 4) is 11.5 Å². The van der Waals surface area contributed by atoms with Crippen molar-refractivity contribution in [1.29, 1.82) is 0 Å². The molecule has 0 aliphatic carbocycles. The van der Waals surface area contributed by atoms with E-state index in [-0.39, 0.29) is 54.3 Å². The Labute approximate surface area is 446 Å². The molecule has 406 valence electrons. The van der Waals surface area contributed by atoms with E-state index < -0.39 is 41.3 Å². The number of piperidine rings is 1. The van der Waals surface area contributed by atoms with Crippen molar-refractivity contribution in [2.75, 3.05) is 81.5 Å². The molecule has 0 spiro atoms. The van der Waals surface area contributed by atoms with Crippen LogP contribution < -0.4 is 31.9 Å². The number of ether oxygens (including phenoxy) is 1. The normalized spacial score (nSPS) is 17.7. The fourth-order valence-electron chi connectivity index (χ4n) is 10.1. The number of aromatic nitrogens is 4. The lowest BCUT2D eigenvalue weighted by Crippen LogP contribution is -2.54. The smallest absolute Gasteiger partial charge is 0.339 e. The standard InChI is InChI=1S/C55H67N13O9/c1-55(2)40-30-36(18-19-37(40)53(75)77-55)60-54-59-31-39(48(63-54)61-42(34-69)35-14-8-7-9-15-35)50-65-64-46(76-50)32-56-22-13-25-66-26-28-67(29-27-66)33-45(71)58-24-11-6-4-3-5-10-23-57-41-17-12-16-38-47(41)52(74)68(51(38)73)43-20-21-44(70)62-49(43)72/h7-9,12,14-19,30-31,42-43,56-57,69H,3-6,10-11,13,20-29,32-34H2,1-2H3,(H,58,71)(H,62,70,72)(H2,59,60,61,63)/t42-,43?/m1/s1. The third kappa shape index (κ3) is 13.3. The Morgan fingerprint density at radius 3 is 2.38 bits per heavy atom. The second-order valence-corrected chi connectivity index (χ2v) is 20.3. The molecule has 77 heavy (non-hydrogen) atoms. The van der Waals surface area contributed by atoms with Gasteiger partial charge in [0.25, 0.3) is 17.7 Å². The molecule has 3 aromatic carbocycles. The monoisotopic (exact) mass is 1050 g/mol. The predicted octanol–water partition coefficient (Wildman–Crippen LogP) is 4.89. The number of imide groups is 2. The predicted molar refractivity (Wildman–Crippen MR) is 285 cm³/mol. The number of esters is 1. The Hall–Kier alpha value is -7.66. The molecule has 2 saturated heterocycles. The molecule has 22 nitrogen and oxygen atoms in total. The number of piperazine rings is 1. The van der Waals surface area contributed by atoms with Gasteiger partial charge in [-0.3, -0.25) is 39.1 Å². The van der Waals surface area contributed by atoms with E-state index in [1.165, 1.54) is 0 Å². The topological polar surface area (TPSA) is 278 Å². The Kier molecular flexibility index (Phi) is 17.6. The van der Waals surface area contributed by atoms with Crippen LogP contribution in [-0.2, 0) is 31.3 Å². The van der Waals surface area contributed by atoms with Crippen molar-refractivity contribution in [1.82, 2.24) is 50.8 Å². The number of fused-ring (bicyclic) bond motifs is 2. The first-order chi connectivity index (χ1) is 37.3. The first-order valence-corrected chi connectivity index (χ1v) is 26.6. The lowest BCUT2D eigenvalue weighted by molar-refractivity contribution is -0.136. The van der Waals surface area contributed by atoms with Crippen LogP contribution in [0.15, 0.2) is 77.3 Å². The Bertz CT molecular complexity index is 2940. The minimum absolute atomic E-state index is 0.0488. The third-order valence-corrected chi connectivity index (χ3v) is 14.3. The fraction of sp³-hybridized carbons (Fsp3) is 0.455. The number of nitrogens with one attached hydrogen (secondary N) is 6. The molecule has 0 bridgehead atoms. The van der Waals surface area contributed by atoms with Crippen LogP contribution in [0.5, 0.6) is 0 Å².